The van der Waals surface area contributed by atoms with E-state index in [1.807, 2.05) is 41.1 Å². The van der Waals surface area contributed by atoms with Gasteiger partial charge in [-0.15, -0.1) is 0 Å². The van der Waals surface area contributed by atoms with E-state index in [1.54, 1.807) is 13.3 Å². The Morgan fingerprint density at radius 1 is 1.21 bits per heavy atom. The lowest BCUT2D eigenvalue weighted by Gasteiger charge is -2.10. The molecule has 0 bridgehead atoms. The number of carbonyl (C=O) groups excluding carboxylic acids is 1. The number of halogens is 1. The van der Waals surface area contributed by atoms with Gasteiger partial charge in [0, 0.05) is 15.4 Å². The maximum Gasteiger partial charge on any atom is 0.310 e. The first kappa shape index (κ1) is 16.5. The summed E-state index contributed by atoms with van der Waals surface area (Å²) in [5, 5.41) is 5.44. The van der Waals surface area contributed by atoms with Gasteiger partial charge < -0.3 is 9.47 Å². The van der Waals surface area contributed by atoms with E-state index in [2.05, 4.69) is 21.0 Å². The molecule has 0 aliphatic rings. The number of rotatable bonds is 5. The third-order valence-electron chi connectivity index (χ3n) is 3.90. The minimum atomic E-state index is -0.260. The highest BCUT2D eigenvalue weighted by Crippen LogP contribution is 2.26. The van der Waals surface area contributed by atoms with Crippen LogP contribution < -0.4 is 4.74 Å². The van der Waals surface area contributed by atoms with Crippen LogP contribution in [0.25, 0.3) is 10.9 Å². The second-order valence-corrected chi connectivity index (χ2v) is 6.28. The largest absolute Gasteiger partial charge is 0.496 e. The fraction of sp³-hybridized carbons (Fsp3) is 0.222. The summed E-state index contributed by atoms with van der Waals surface area (Å²) in [5.74, 6) is 0.552. The summed E-state index contributed by atoms with van der Waals surface area (Å²) in [5.41, 5.74) is 2.90. The number of hydrogen-bond donors (Lipinski definition) is 0. The average molecular weight is 389 g/mol. The van der Waals surface area contributed by atoms with Crippen molar-refractivity contribution in [2.75, 3.05) is 14.2 Å². The van der Waals surface area contributed by atoms with Gasteiger partial charge in [-0.05, 0) is 29.8 Å². The van der Waals surface area contributed by atoms with E-state index in [0.717, 1.165) is 32.3 Å². The number of benzene rings is 2. The molecule has 0 aliphatic heterocycles. The number of fused-ring (bicyclic) bond motifs is 1. The molecule has 0 fully saturated rings. The van der Waals surface area contributed by atoms with E-state index in [9.17, 15) is 4.79 Å². The van der Waals surface area contributed by atoms with Crippen molar-refractivity contribution in [2.24, 2.45) is 0 Å². The number of nitrogens with zero attached hydrogens (tertiary/aromatic N) is 2. The summed E-state index contributed by atoms with van der Waals surface area (Å²) in [6.45, 7) is 0.577. The predicted octanol–water partition coefficient (Wildman–Crippen LogP) is 3.57. The van der Waals surface area contributed by atoms with Gasteiger partial charge in [0.15, 0.2) is 0 Å². The van der Waals surface area contributed by atoms with Gasteiger partial charge in [-0.2, -0.15) is 5.10 Å². The van der Waals surface area contributed by atoms with Gasteiger partial charge in [-0.3, -0.25) is 9.48 Å². The van der Waals surface area contributed by atoms with Crippen LogP contribution in [-0.2, 0) is 22.5 Å². The highest BCUT2D eigenvalue weighted by molar-refractivity contribution is 9.10. The lowest BCUT2D eigenvalue weighted by atomic mass is 10.1. The molecule has 0 atom stereocenters. The molecule has 24 heavy (non-hydrogen) atoms. The van der Waals surface area contributed by atoms with Crippen molar-refractivity contribution in [1.29, 1.82) is 0 Å². The Morgan fingerprint density at radius 2 is 2.04 bits per heavy atom. The topological polar surface area (TPSA) is 53.3 Å². The first-order valence-corrected chi connectivity index (χ1v) is 8.24. The van der Waals surface area contributed by atoms with E-state index < -0.39 is 0 Å². The maximum absolute atomic E-state index is 11.6. The molecule has 6 heteroatoms. The van der Waals surface area contributed by atoms with Crippen LogP contribution in [0.15, 0.2) is 47.1 Å². The Labute approximate surface area is 148 Å². The van der Waals surface area contributed by atoms with Crippen LogP contribution in [-0.4, -0.2) is 30.0 Å². The number of methoxy groups -OCH3 is 2. The third-order valence-corrected chi connectivity index (χ3v) is 4.40. The van der Waals surface area contributed by atoms with Crippen molar-refractivity contribution in [2.45, 2.75) is 13.0 Å². The van der Waals surface area contributed by atoms with Gasteiger partial charge in [-0.1, -0.05) is 28.1 Å². The van der Waals surface area contributed by atoms with Crippen LogP contribution in [0.4, 0.5) is 0 Å². The van der Waals surface area contributed by atoms with Crippen molar-refractivity contribution in [3.05, 3.63) is 58.2 Å². The summed E-state index contributed by atoms with van der Waals surface area (Å²) in [4.78, 5) is 11.6. The van der Waals surface area contributed by atoms with Crippen LogP contribution in [0.5, 0.6) is 5.75 Å². The molecule has 5 nitrogen and oxygen atoms in total. The van der Waals surface area contributed by atoms with Crippen molar-refractivity contribution < 1.29 is 14.3 Å². The zero-order valence-electron chi connectivity index (χ0n) is 13.5. The number of aromatic nitrogens is 2. The molecule has 3 rings (SSSR count). The second kappa shape index (κ2) is 7.05. The van der Waals surface area contributed by atoms with Gasteiger partial charge >= 0.3 is 5.97 Å². The summed E-state index contributed by atoms with van der Waals surface area (Å²) in [6.07, 6.45) is 2.03. The van der Waals surface area contributed by atoms with Crippen molar-refractivity contribution in [3.63, 3.8) is 0 Å². The van der Waals surface area contributed by atoms with Gasteiger partial charge in [0.05, 0.1) is 38.9 Å². The Bertz CT molecular complexity index is 889. The molecule has 0 unspecified atom stereocenters. The summed E-state index contributed by atoms with van der Waals surface area (Å²) in [7, 11) is 3.05. The molecule has 1 aromatic heterocycles. The third kappa shape index (κ3) is 3.28. The van der Waals surface area contributed by atoms with Crippen molar-refractivity contribution in [1.82, 2.24) is 9.78 Å². The molecular weight excluding hydrogens is 372 g/mol. The first-order valence-electron chi connectivity index (χ1n) is 7.45. The molecular formula is C18H17BrN2O3. The van der Waals surface area contributed by atoms with E-state index >= 15 is 0 Å². The normalized spacial score (nSPS) is 10.8. The number of esters is 1. The fourth-order valence-electron chi connectivity index (χ4n) is 2.70. The minimum absolute atomic E-state index is 0.236. The van der Waals surface area contributed by atoms with Crippen LogP contribution in [0.1, 0.15) is 11.1 Å². The van der Waals surface area contributed by atoms with Crippen molar-refractivity contribution >= 4 is 32.8 Å². The summed E-state index contributed by atoms with van der Waals surface area (Å²) in [6, 6.07) is 11.7. The van der Waals surface area contributed by atoms with Gasteiger partial charge in [0.1, 0.15) is 5.75 Å². The zero-order chi connectivity index (χ0) is 17.1. The molecule has 0 spiro atoms. The molecule has 0 radical (unpaired) electrons. The highest BCUT2D eigenvalue weighted by atomic mass is 79.9. The standard InChI is InChI=1S/C18H17BrN2O3/c1-23-17-7-6-14(19)8-13(17)11-21-16-5-3-4-12(9-18(22)24-2)15(16)10-20-21/h3-8,10H,9,11H2,1-2H3. The van der Waals surface area contributed by atoms with Gasteiger partial charge in [0.2, 0.25) is 0 Å². The molecule has 0 saturated heterocycles. The number of ether oxygens (including phenoxy) is 2. The second-order valence-electron chi connectivity index (χ2n) is 5.36. The number of carbonyl (C=O) groups is 1. The lowest BCUT2D eigenvalue weighted by molar-refractivity contribution is -0.139. The van der Waals surface area contributed by atoms with Crippen LogP contribution in [0.3, 0.4) is 0 Å². The van der Waals surface area contributed by atoms with Crippen LogP contribution in [0, 0.1) is 0 Å². The molecule has 1 heterocycles. The SMILES string of the molecule is COC(=O)Cc1cccc2c1cnn2Cc1cc(Br)ccc1OC. The Morgan fingerprint density at radius 3 is 2.79 bits per heavy atom. The minimum Gasteiger partial charge on any atom is -0.496 e. The summed E-state index contributed by atoms with van der Waals surface area (Å²) < 4.78 is 13.1. The van der Waals surface area contributed by atoms with E-state index in [0.29, 0.717) is 6.54 Å². The average Bonchev–Trinajstić information content (AvgIpc) is 2.99. The van der Waals surface area contributed by atoms with Gasteiger partial charge in [-0.25, -0.2) is 0 Å². The molecule has 124 valence electrons. The van der Waals surface area contributed by atoms with Crippen LogP contribution in [0.2, 0.25) is 0 Å². The van der Waals surface area contributed by atoms with E-state index in [-0.39, 0.29) is 12.4 Å². The van der Waals surface area contributed by atoms with Crippen LogP contribution >= 0.6 is 15.9 Å². The monoisotopic (exact) mass is 388 g/mol. The molecule has 2 aromatic carbocycles. The Kier molecular flexibility index (Phi) is 4.85. The van der Waals surface area contributed by atoms with E-state index in [1.165, 1.54) is 7.11 Å². The fourth-order valence-corrected chi connectivity index (χ4v) is 3.11. The first-order chi connectivity index (χ1) is 11.6. The molecule has 0 amide bonds. The smallest absolute Gasteiger partial charge is 0.310 e. The van der Waals surface area contributed by atoms with Crippen molar-refractivity contribution in [3.8, 4) is 5.75 Å². The molecule has 0 aliphatic carbocycles. The summed E-state index contributed by atoms with van der Waals surface area (Å²) >= 11 is 3.49. The maximum atomic E-state index is 11.6. The highest BCUT2D eigenvalue weighted by Gasteiger charge is 2.12. The predicted molar refractivity (Wildman–Crippen MR) is 95.2 cm³/mol. The Hall–Kier alpha value is -2.34. The molecule has 0 N–H and O–H groups in total. The zero-order valence-corrected chi connectivity index (χ0v) is 15.0. The quantitative estimate of drug-likeness (QED) is 0.626. The van der Waals surface area contributed by atoms with E-state index in [4.69, 9.17) is 9.47 Å². The molecule has 3 aromatic rings. The number of hydrogen-bond acceptors (Lipinski definition) is 4. The Balaban J connectivity index is 1.98. The lowest BCUT2D eigenvalue weighted by Crippen LogP contribution is -2.05. The molecule has 0 saturated carbocycles. The van der Waals surface area contributed by atoms with Gasteiger partial charge in [0.25, 0.3) is 0 Å².